The molecule has 3 aromatic rings. The third kappa shape index (κ3) is 7.29. The highest BCUT2D eigenvalue weighted by Crippen LogP contribution is 2.34. The largest absolute Gasteiger partial charge is 0.435 e. The van der Waals surface area contributed by atoms with Crippen molar-refractivity contribution in [2.75, 3.05) is 0 Å². The van der Waals surface area contributed by atoms with Gasteiger partial charge in [0.05, 0.1) is 5.56 Å². The molecule has 0 aromatic heterocycles. The van der Waals surface area contributed by atoms with Gasteiger partial charge in [-0.1, -0.05) is 94.4 Å². The van der Waals surface area contributed by atoms with Gasteiger partial charge >= 0.3 is 6.61 Å². The van der Waals surface area contributed by atoms with Gasteiger partial charge in [-0.2, -0.15) is 8.78 Å². The summed E-state index contributed by atoms with van der Waals surface area (Å²) < 4.78 is 44.0. The van der Waals surface area contributed by atoms with Gasteiger partial charge in [-0.3, -0.25) is 0 Å². The minimum absolute atomic E-state index is 0.0679. The lowest BCUT2D eigenvalue weighted by Crippen LogP contribution is -2.15. The fourth-order valence-electron chi connectivity index (χ4n) is 5.32. The maximum atomic E-state index is 15.1. The van der Waals surface area contributed by atoms with E-state index < -0.39 is 6.61 Å². The number of halogens is 3. The molecular weight excluding hydrogens is 457 g/mol. The van der Waals surface area contributed by atoms with E-state index in [9.17, 15) is 8.78 Å². The number of hydrogen-bond acceptors (Lipinski definition) is 1. The molecule has 1 saturated carbocycles. The van der Waals surface area contributed by atoms with E-state index in [1.807, 2.05) is 18.2 Å². The lowest BCUT2D eigenvalue weighted by Gasteiger charge is -2.28. The van der Waals surface area contributed by atoms with Crippen LogP contribution in [0.25, 0.3) is 10.8 Å². The maximum Gasteiger partial charge on any atom is 0.387 e. The molecule has 0 heterocycles. The molecule has 1 nitrogen and oxygen atoms in total. The summed E-state index contributed by atoms with van der Waals surface area (Å²) in [6.07, 6.45) is 13.2. The van der Waals surface area contributed by atoms with Crippen LogP contribution in [0.4, 0.5) is 13.2 Å². The first-order valence-corrected chi connectivity index (χ1v) is 13.3. The van der Waals surface area contributed by atoms with Crippen LogP contribution in [-0.4, -0.2) is 6.61 Å². The van der Waals surface area contributed by atoms with Gasteiger partial charge in [0.2, 0.25) is 0 Å². The molecule has 0 spiro atoms. The topological polar surface area (TPSA) is 9.23 Å². The Balaban J connectivity index is 1.34. The second-order valence-corrected chi connectivity index (χ2v) is 10.1. The monoisotopic (exact) mass is 492 g/mol. The summed E-state index contributed by atoms with van der Waals surface area (Å²) in [7, 11) is 0. The quantitative estimate of drug-likeness (QED) is 0.214. The Morgan fingerprint density at radius 1 is 0.861 bits per heavy atom. The van der Waals surface area contributed by atoms with E-state index in [1.54, 1.807) is 18.2 Å². The molecule has 0 amide bonds. The summed E-state index contributed by atoms with van der Waals surface area (Å²) in [5.74, 6) is 7.26. The van der Waals surface area contributed by atoms with Gasteiger partial charge in [0.1, 0.15) is 11.6 Å². The summed E-state index contributed by atoms with van der Waals surface area (Å²) >= 11 is 0. The van der Waals surface area contributed by atoms with Gasteiger partial charge in [0.25, 0.3) is 0 Å². The zero-order chi connectivity index (χ0) is 25.3. The lowest BCUT2D eigenvalue weighted by atomic mass is 9.77. The highest BCUT2D eigenvalue weighted by molar-refractivity contribution is 5.85. The molecule has 0 saturated heterocycles. The molecule has 0 radical (unpaired) electrons. The van der Waals surface area contributed by atoms with Crippen molar-refractivity contribution in [2.45, 2.75) is 77.7 Å². The van der Waals surface area contributed by atoms with E-state index in [0.29, 0.717) is 16.5 Å². The van der Waals surface area contributed by atoms with E-state index in [-0.39, 0.29) is 11.6 Å². The molecule has 0 bridgehead atoms. The van der Waals surface area contributed by atoms with E-state index in [0.717, 1.165) is 23.6 Å². The van der Waals surface area contributed by atoms with Crippen molar-refractivity contribution in [3.8, 4) is 17.6 Å². The number of benzene rings is 3. The van der Waals surface area contributed by atoms with E-state index in [1.165, 1.54) is 75.5 Å². The van der Waals surface area contributed by atoms with Crippen molar-refractivity contribution in [1.29, 1.82) is 0 Å². The minimum Gasteiger partial charge on any atom is -0.435 e. The molecule has 1 fully saturated rings. The third-order valence-electron chi connectivity index (χ3n) is 7.46. The fraction of sp³-hybridized carbons (Fsp3) is 0.438. The van der Waals surface area contributed by atoms with Crippen LogP contribution in [0.2, 0.25) is 0 Å². The number of hydrogen-bond donors (Lipinski definition) is 0. The number of fused-ring (bicyclic) bond motifs is 1. The second-order valence-electron chi connectivity index (χ2n) is 10.1. The van der Waals surface area contributed by atoms with Crippen LogP contribution in [0, 0.1) is 29.5 Å². The van der Waals surface area contributed by atoms with Crippen LogP contribution in [0.15, 0.2) is 54.6 Å². The van der Waals surface area contributed by atoms with Crippen LogP contribution in [0.3, 0.4) is 0 Å². The first kappa shape index (κ1) is 26.1. The molecule has 4 rings (SSSR count). The molecule has 3 aromatic carbocycles. The number of ether oxygens (including phenoxy) is 1. The molecule has 4 heteroatoms. The van der Waals surface area contributed by atoms with Gasteiger partial charge in [-0.25, -0.2) is 4.39 Å². The van der Waals surface area contributed by atoms with Gasteiger partial charge in [-0.15, -0.1) is 0 Å². The summed E-state index contributed by atoms with van der Waals surface area (Å²) in [5, 5.41) is 1.46. The van der Waals surface area contributed by atoms with Crippen LogP contribution >= 0.6 is 0 Å². The number of aryl methyl sites for hydroxylation is 1. The molecule has 1 aliphatic rings. The average Bonchev–Trinajstić information content (AvgIpc) is 2.88. The molecule has 0 N–H and O–H groups in total. The first-order chi connectivity index (χ1) is 17.5. The molecule has 0 atom stereocenters. The molecule has 1 aliphatic carbocycles. The Bertz CT molecular complexity index is 1180. The lowest BCUT2D eigenvalue weighted by molar-refractivity contribution is -0.0498. The predicted molar refractivity (Wildman–Crippen MR) is 141 cm³/mol. The van der Waals surface area contributed by atoms with Crippen LogP contribution in [0.1, 0.15) is 81.4 Å². The molecule has 0 aliphatic heterocycles. The highest BCUT2D eigenvalue weighted by Gasteiger charge is 2.20. The molecule has 0 unspecified atom stereocenters. The number of unbranched alkanes of at least 4 members (excludes halogenated alkanes) is 2. The number of rotatable bonds is 9. The number of alkyl halides is 2. The maximum absolute atomic E-state index is 15.1. The summed E-state index contributed by atoms with van der Waals surface area (Å²) in [6, 6.07) is 15.7. The first-order valence-electron chi connectivity index (χ1n) is 13.3. The smallest absolute Gasteiger partial charge is 0.387 e. The van der Waals surface area contributed by atoms with Crippen molar-refractivity contribution < 1.29 is 17.9 Å². The van der Waals surface area contributed by atoms with Crippen LogP contribution < -0.4 is 4.74 Å². The molecule has 36 heavy (non-hydrogen) atoms. The summed E-state index contributed by atoms with van der Waals surface area (Å²) in [4.78, 5) is 0. The van der Waals surface area contributed by atoms with Crippen molar-refractivity contribution in [3.05, 3.63) is 77.1 Å². The van der Waals surface area contributed by atoms with E-state index in [4.69, 9.17) is 0 Å². The van der Waals surface area contributed by atoms with Gasteiger partial charge < -0.3 is 4.74 Å². The SMILES string of the molecule is CCCCCC1CCC(CCc2ccc3c(F)c(C#Cc4ccc(OC(F)F)cc4)ccc3c2)CC1. The van der Waals surface area contributed by atoms with Gasteiger partial charge in [0, 0.05) is 10.9 Å². The van der Waals surface area contributed by atoms with E-state index >= 15 is 4.39 Å². The van der Waals surface area contributed by atoms with Crippen molar-refractivity contribution in [2.24, 2.45) is 11.8 Å². The van der Waals surface area contributed by atoms with E-state index in [2.05, 4.69) is 29.6 Å². The summed E-state index contributed by atoms with van der Waals surface area (Å²) in [5.41, 5.74) is 2.18. The fourth-order valence-corrected chi connectivity index (χ4v) is 5.32. The molecule has 190 valence electrons. The Labute approximate surface area is 213 Å². The van der Waals surface area contributed by atoms with Crippen LogP contribution in [0.5, 0.6) is 5.75 Å². The highest BCUT2D eigenvalue weighted by atomic mass is 19.3. The van der Waals surface area contributed by atoms with Gasteiger partial charge in [0.15, 0.2) is 0 Å². The van der Waals surface area contributed by atoms with Crippen molar-refractivity contribution >= 4 is 10.8 Å². The minimum atomic E-state index is -2.87. The zero-order valence-electron chi connectivity index (χ0n) is 21.0. The van der Waals surface area contributed by atoms with Crippen LogP contribution in [-0.2, 0) is 6.42 Å². The standard InChI is InChI=1S/C32H35F3O/c1-2-3-4-5-23-6-8-24(9-7-23)10-11-26-15-21-30-28(22-26)18-17-27(31(30)33)16-12-25-13-19-29(20-14-25)36-32(34)35/h13-15,17-24,32H,2-11H2,1H3. The Kier molecular flexibility index (Phi) is 9.34. The molecular formula is C32H35F3O. The summed E-state index contributed by atoms with van der Waals surface area (Å²) in [6.45, 7) is -0.596. The third-order valence-corrected chi connectivity index (χ3v) is 7.46. The Morgan fingerprint density at radius 3 is 2.28 bits per heavy atom. The average molecular weight is 493 g/mol. The zero-order valence-corrected chi connectivity index (χ0v) is 21.0. The predicted octanol–water partition coefficient (Wildman–Crippen LogP) is 9.30. The second kappa shape index (κ2) is 12.9. The van der Waals surface area contributed by atoms with Crippen molar-refractivity contribution in [3.63, 3.8) is 0 Å². The Hall–Kier alpha value is -2.93. The van der Waals surface area contributed by atoms with Gasteiger partial charge in [-0.05, 0) is 66.0 Å². The van der Waals surface area contributed by atoms with Crippen molar-refractivity contribution in [1.82, 2.24) is 0 Å². The Morgan fingerprint density at radius 2 is 1.58 bits per heavy atom. The normalized spacial score (nSPS) is 17.7.